The number of aliphatic hydroxyl groups excluding tert-OH is 2. The molecule has 4 amide bonds. The minimum absolute atomic E-state index is 0.0686. The second-order valence-electron chi connectivity index (χ2n) is 12.6. The first-order valence-electron chi connectivity index (χ1n) is 15.6. The van der Waals surface area contributed by atoms with Crippen LogP contribution in [0.25, 0.3) is 0 Å². The Balaban J connectivity index is 2.14. The van der Waals surface area contributed by atoms with Crippen LogP contribution in [0.4, 0.5) is 4.79 Å². The van der Waals surface area contributed by atoms with E-state index in [4.69, 9.17) is 9.47 Å². The minimum atomic E-state index is -1.46. The molecule has 0 spiro atoms. The molecule has 1 aromatic rings. The topological polar surface area (TPSA) is 151 Å². The molecule has 0 bridgehead atoms. The fraction of sp³-hybridized carbons (Fsp3) is 0.667. The predicted molar refractivity (Wildman–Crippen MR) is 164 cm³/mol. The lowest BCUT2D eigenvalue weighted by molar-refractivity contribution is -0.164. The molecule has 0 radical (unpaired) electrons. The van der Waals surface area contributed by atoms with Gasteiger partial charge in [-0.15, -0.1) is 0 Å². The number of esters is 2. The summed E-state index contributed by atoms with van der Waals surface area (Å²) < 4.78 is 10.6. The number of barbiturate groups is 1. The Morgan fingerprint density at radius 1 is 0.795 bits per heavy atom. The van der Waals surface area contributed by atoms with Gasteiger partial charge in [-0.25, -0.2) is 14.4 Å². The SMILES string of the molecule is CCC(C)(CC)CC(O)COC(=O)c1ccccc1C(=O)OCC(O)CN1C(=O)N(C(C)(C)CC)C(=O)C(CC)(CC)C1=O. The summed E-state index contributed by atoms with van der Waals surface area (Å²) in [6.07, 6.45) is 0.648. The van der Waals surface area contributed by atoms with Crippen molar-refractivity contribution in [3.05, 3.63) is 35.4 Å². The van der Waals surface area contributed by atoms with E-state index >= 15 is 0 Å². The summed E-state index contributed by atoms with van der Waals surface area (Å²) >= 11 is 0. The molecule has 1 saturated heterocycles. The van der Waals surface area contributed by atoms with Gasteiger partial charge in [0.1, 0.15) is 24.7 Å². The number of imide groups is 2. The van der Waals surface area contributed by atoms with Crippen molar-refractivity contribution >= 4 is 29.8 Å². The maximum atomic E-state index is 13.5. The fourth-order valence-corrected chi connectivity index (χ4v) is 5.33. The highest BCUT2D eigenvalue weighted by molar-refractivity contribution is 6.19. The molecule has 11 heteroatoms. The highest BCUT2D eigenvalue weighted by atomic mass is 16.5. The van der Waals surface area contributed by atoms with Crippen LogP contribution in [0.3, 0.4) is 0 Å². The van der Waals surface area contributed by atoms with Gasteiger partial charge in [0.2, 0.25) is 11.8 Å². The number of hydrogen-bond donors (Lipinski definition) is 2. The second kappa shape index (κ2) is 15.1. The van der Waals surface area contributed by atoms with Crippen LogP contribution in [-0.4, -0.2) is 87.3 Å². The first kappa shape index (κ1) is 36.9. The lowest BCUT2D eigenvalue weighted by atomic mass is 9.76. The number of hydrogen-bond acceptors (Lipinski definition) is 9. The quantitative estimate of drug-likeness (QED) is 0.198. The van der Waals surface area contributed by atoms with Crippen LogP contribution in [0.1, 0.15) is 115 Å². The van der Waals surface area contributed by atoms with Crippen LogP contribution in [0.5, 0.6) is 0 Å². The molecule has 44 heavy (non-hydrogen) atoms. The maximum absolute atomic E-state index is 13.5. The lowest BCUT2D eigenvalue weighted by Crippen LogP contribution is -2.70. The van der Waals surface area contributed by atoms with Crippen molar-refractivity contribution in [3.63, 3.8) is 0 Å². The van der Waals surface area contributed by atoms with Crippen molar-refractivity contribution in [1.29, 1.82) is 0 Å². The standard InChI is InChI=1S/C33H50N2O9/c1-9-31(6,7)35-29(41)33(12-4,13-5)28(40)34(30(35)42)19-23(37)21-44-27(39)25-17-15-14-16-24(25)26(38)43-20-22(36)18-32(8,10-2)11-3/h14-17,22-23,36-37H,9-13,18-21H2,1-8H3. The third-order valence-electron chi connectivity index (χ3n) is 9.38. The lowest BCUT2D eigenvalue weighted by Gasteiger charge is -2.49. The van der Waals surface area contributed by atoms with Crippen molar-refractivity contribution in [2.24, 2.45) is 10.8 Å². The van der Waals surface area contributed by atoms with Gasteiger partial charge in [0.15, 0.2) is 0 Å². The van der Waals surface area contributed by atoms with Crippen molar-refractivity contribution in [2.45, 2.75) is 112 Å². The number of carbonyl (C=O) groups is 5. The van der Waals surface area contributed by atoms with Crippen LogP contribution in [0.2, 0.25) is 0 Å². The number of amides is 4. The molecule has 0 aliphatic carbocycles. The number of aliphatic hydroxyl groups is 2. The number of carbonyl (C=O) groups excluding carboxylic acids is 5. The average Bonchev–Trinajstić information content (AvgIpc) is 3.01. The summed E-state index contributed by atoms with van der Waals surface area (Å²) in [5, 5.41) is 21.2. The van der Waals surface area contributed by atoms with Gasteiger partial charge in [-0.2, -0.15) is 0 Å². The molecule has 1 fully saturated rings. The summed E-state index contributed by atoms with van der Waals surface area (Å²) in [6.45, 7) is 13.5. The zero-order chi connectivity index (χ0) is 33.5. The predicted octanol–water partition coefficient (Wildman–Crippen LogP) is 4.72. The van der Waals surface area contributed by atoms with E-state index in [9.17, 15) is 34.2 Å². The molecule has 1 heterocycles. The van der Waals surface area contributed by atoms with Crippen LogP contribution in [0, 0.1) is 10.8 Å². The van der Waals surface area contributed by atoms with E-state index < -0.39 is 66.1 Å². The molecule has 2 atom stereocenters. The number of rotatable bonds is 16. The summed E-state index contributed by atoms with van der Waals surface area (Å²) in [5.74, 6) is -2.98. The normalized spacial score (nSPS) is 17.0. The molecule has 2 N–H and O–H groups in total. The van der Waals surface area contributed by atoms with Gasteiger partial charge in [0.05, 0.1) is 23.8 Å². The third kappa shape index (κ3) is 7.85. The van der Waals surface area contributed by atoms with Crippen LogP contribution in [0.15, 0.2) is 24.3 Å². The largest absolute Gasteiger partial charge is 0.459 e. The summed E-state index contributed by atoms with van der Waals surface area (Å²) in [4.78, 5) is 68.2. The molecule has 0 saturated carbocycles. The van der Waals surface area contributed by atoms with E-state index in [0.29, 0.717) is 12.8 Å². The maximum Gasteiger partial charge on any atom is 0.339 e. The average molecular weight is 619 g/mol. The van der Waals surface area contributed by atoms with Gasteiger partial charge in [0, 0.05) is 5.54 Å². The highest BCUT2D eigenvalue weighted by Crippen LogP contribution is 2.39. The summed E-state index contributed by atoms with van der Waals surface area (Å²) in [6, 6.07) is 5.02. The Bertz CT molecular complexity index is 1200. The zero-order valence-electron chi connectivity index (χ0n) is 27.5. The van der Waals surface area contributed by atoms with E-state index in [0.717, 1.165) is 22.6 Å². The van der Waals surface area contributed by atoms with Crippen molar-refractivity contribution < 1.29 is 43.7 Å². The van der Waals surface area contributed by atoms with E-state index in [1.165, 1.54) is 18.2 Å². The van der Waals surface area contributed by atoms with Gasteiger partial charge >= 0.3 is 18.0 Å². The number of ether oxygens (including phenoxy) is 2. The van der Waals surface area contributed by atoms with E-state index in [2.05, 4.69) is 6.92 Å². The number of urea groups is 1. The molecule has 0 aromatic heterocycles. The van der Waals surface area contributed by atoms with Gasteiger partial charge in [0.25, 0.3) is 0 Å². The number of nitrogens with zero attached hydrogens (tertiary/aromatic N) is 2. The Morgan fingerprint density at radius 3 is 1.70 bits per heavy atom. The molecular weight excluding hydrogens is 568 g/mol. The molecule has 1 aliphatic heterocycles. The van der Waals surface area contributed by atoms with Crippen LogP contribution < -0.4 is 0 Å². The van der Waals surface area contributed by atoms with Gasteiger partial charge in [-0.3, -0.25) is 19.4 Å². The van der Waals surface area contributed by atoms with Crippen molar-refractivity contribution in [2.75, 3.05) is 19.8 Å². The molecule has 246 valence electrons. The molecule has 1 aromatic carbocycles. The van der Waals surface area contributed by atoms with Crippen molar-refractivity contribution in [3.8, 4) is 0 Å². The van der Waals surface area contributed by atoms with E-state index in [1.807, 2.05) is 20.8 Å². The van der Waals surface area contributed by atoms with Crippen LogP contribution in [-0.2, 0) is 19.1 Å². The number of β-amino-alcohol motifs (C(OH)–C–C–N with tert-alkyl or cyclic N) is 1. The zero-order valence-corrected chi connectivity index (χ0v) is 27.5. The minimum Gasteiger partial charge on any atom is -0.459 e. The van der Waals surface area contributed by atoms with Gasteiger partial charge < -0.3 is 19.7 Å². The Kier molecular flexibility index (Phi) is 12.7. The summed E-state index contributed by atoms with van der Waals surface area (Å²) in [5.41, 5.74) is -2.59. The first-order chi connectivity index (χ1) is 20.6. The Morgan fingerprint density at radius 2 is 1.27 bits per heavy atom. The Hall–Kier alpha value is -3.31. The number of benzene rings is 1. The summed E-state index contributed by atoms with van der Waals surface area (Å²) in [7, 11) is 0. The fourth-order valence-electron chi connectivity index (χ4n) is 5.33. The highest BCUT2D eigenvalue weighted by Gasteiger charge is 2.58. The first-order valence-corrected chi connectivity index (χ1v) is 15.6. The van der Waals surface area contributed by atoms with Gasteiger partial charge in [-0.1, -0.05) is 66.5 Å². The smallest absolute Gasteiger partial charge is 0.339 e. The van der Waals surface area contributed by atoms with Gasteiger partial charge in [-0.05, 0) is 57.1 Å². The van der Waals surface area contributed by atoms with Crippen molar-refractivity contribution in [1.82, 2.24) is 9.80 Å². The molecule has 11 nitrogen and oxygen atoms in total. The molecule has 2 unspecified atom stereocenters. The van der Waals surface area contributed by atoms with E-state index in [1.54, 1.807) is 33.8 Å². The molecule has 2 rings (SSSR count). The molecular formula is C33H50N2O9. The Labute approximate surface area is 260 Å². The van der Waals surface area contributed by atoms with Crippen LogP contribution >= 0.6 is 0 Å². The monoisotopic (exact) mass is 618 g/mol. The van der Waals surface area contributed by atoms with E-state index in [-0.39, 0.29) is 36.0 Å². The molecule has 1 aliphatic rings. The second-order valence-corrected chi connectivity index (χ2v) is 12.6. The third-order valence-corrected chi connectivity index (χ3v) is 9.38.